The second-order valence-corrected chi connectivity index (χ2v) is 4.34. The zero-order valence-corrected chi connectivity index (χ0v) is 11.0. The highest BCUT2D eigenvalue weighted by molar-refractivity contribution is 5.67. The molecule has 1 aromatic carbocycles. The number of hydrogen-bond donors (Lipinski definition) is 1. The maximum absolute atomic E-state index is 12.8. The Bertz CT molecular complexity index is 639. The number of rotatable bonds is 2. The van der Waals surface area contributed by atoms with Crippen molar-refractivity contribution >= 4 is 5.82 Å². The number of nitrogens with zero attached hydrogens (tertiary/aromatic N) is 1. The summed E-state index contributed by atoms with van der Waals surface area (Å²) in [4.78, 5) is 3.97. The van der Waals surface area contributed by atoms with Crippen LogP contribution in [0.15, 0.2) is 30.3 Å². The lowest BCUT2D eigenvalue weighted by Crippen LogP contribution is -2.07. The first-order valence-corrected chi connectivity index (χ1v) is 5.81. The van der Waals surface area contributed by atoms with Crippen LogP contribution in [0.5, 0.6) is 5.75 Å². The summed E-state index contributed by atoms with van der Waals surface area (Å²) in [6, 6.07) is 6.87. The van der Waals surface area contributed by atoms with Gasteiger partial charge in [-0.3, -0.25) is 0 Å². The van der Waals surface area contributed by atoms with Gasteiger partial charge in [0.1, 0.15) is 11.6 Å². The fourth-order valence-corrected chi connectivity index (χ4v) is 1.90. The van der Waals surface area contributed by atoms with E-state index in [4.69, 9.17) is 10.5 Å². The average Bonchev–Trinajstić information content (AvgIpc) is 2.36. The van der Waals surface area contributed by atoms with Crippen molar-refractivity contribution < 1.29 is 17.9 Å². The molecule has 2 N–H and O–H groups in total. The minimum absolute atomic E-state index is 0.162. The van der Waals surface area contributed by atoms with E-state index < -0.39 is 11.7 Å². The SMILES string of the molecule is COc1ccc(-c2cc(C(F)(F)F)cc(N)n2)c(C)c1. The Morgan fingerprint density at radius 1 is 1.15 bits per heavy atom. The molecule has 6 heteroatoms. The third-order valence-electron chi connectivity index (χ3n) is 2.88. The number of benzene rings is 1. The number of pyridine rings is 1. The normalized spacial score (nSPS) is 11.4. The Kier molecular flexibility index (Phi) is 3.57. The quantitative estimate of drug-likeness (QED) is 0.914. The van der Waals surface area contributed by atoms with Crippen LogP contribution in [0.25, 0.3) is 11.3 Å². The number of aromatic nitrogens is 1. The van der Waals surface area contributed by atoms with Crippen LogP contribution in [-0.2, 0) is 6.18 Å². The zero-order chi connectivity index (χ0) is 14.9. The highest BCUT2D eigenvalue weighted by Gasteiger charge is 2.31. The molecule has 0 spiro atoms. The fraction of sp³-hybridized carbons (Fsp3) is 0.214. The second kappa shape index (κ2) is 5.03. The first-order chi connectivity index (χ1) is 9.31. The van der Waals surface area contributed by atoms with Crippen LogP contribution in [0.2, 0.25) is 0 Å². The Balaban J connectivity index is 2.55. The largest absolute Gasteiger partial charge is 0.497 e. The molecule has 0 unspecified atom stereocenters. The van der Waals surface area contributed by atoms with E-state index in [1.54, 1.807) is 25.1 Å². The number of ether oxygens (including phenoxy) is 1. The molecule has 3 nitrogen and oxygen atoms in total. The summed E-state index contributed by atoms with van der Waals surface area (Å²) in [5.74, 6) is 0.469. The molecule has 2 rings (SSSR count). The molecule has 0 fully saturated rings. The van der Waals surface area contributed by atoms with Gasteiger partial charge in [0.25, 0.3) is 0 Å². The van der Waals surface area contributed by atoms with Crippen molar-refractivity contribution in [3.8, 4) is 17.0 Å². The van der Waals surface area contributed by atoms with Gasteiger partial charge in [-0.05, 0) is 42.8 Å². The highest BCUT2D eigenvalue weighted by Crippen LogP contribution is 2.34. The van der Waals surface area contributed by atoms with E-state index in [1.807, 2.05) is 0 Å². The topological polar surface area (TPSA) is 48.1 Å². The minimum Gasteiger partial charge on any atom is -0.497 e. The molecule has 0 saturated carbocycles. The lowest BCUT2D eigenvalue weighted by molar-refractivity contribution is -0.137. The molecule has 0 atom stereocenters. The molecule has 0 aliphatic carbocycles. The Labute approximate surface area is 114 Å². The summed E-state index contributed by atoms with van der Waals surface area (Å²) in [7, 11) is 1.52. The molecule has 20 heavy (non-hydrogen) atoms. The summed E-state index contributed by atoms with van der Waals surface area (Å²) < 4.78 is 43.4. The zero-order valence-electron chi connectivity index (χ0n) is 11.0. The number of nitrogens with two attached hydrogens (primary N) is 1. The Morgan fingerprint density at radius 3 is 2.40 bits per heavy atom. The Morgan fingerprint density at radius 2 is 1.85 bits per heavy atom. The number of halogens is 3. The van der Waals surface area contributed by atoms with Crippen LogP contribution >= 0.6 is 0 Å². The maximum atomic E-state index is 12.8. The standard InChI is InChI=1S/C14H13F3N2O/c1-8-5-10(20-2)3-4-11(8)12-6-9(14(15,16)17)7-13(18)19-12/h3-7H,1-2H3,(H2,18,19). The monoisotopic (exact) mass is 282 g/mol. The van der Waals surface area contributed by atoms with Crippen molar-refractivity contribution in [2.75, 3.05) is 12.8 Å². The van der Waals surface area contributed by atoms with Crippen molar-refractivity contribution in [3.05, 3.63) is 41.5 Å². The first-order valence-electron chi connectivity index (χ1n) is 5.81. The fourth-order valence-electron chi connectivity index (χ4n) is 1.90. The molecular weight excluding hydrogens is 269 g/mol. The van der Waals surface area contributed by atoms with Gasteiger partial charge in [0.05, 0.1) is 18.4 Å². The van der Waals surface area contributed by atoms with Crippen molar-refractivity contribution in [3.63, 3.8) is 0 Å². The van der Waals surface area contributed by atoms with Crippen LogP contribution in [0.1, 0.15) is 11.1 Å². The molecule has 2 aromatic rings. The van der Waals surface area contributed by atoms with E-state index in [-0.39, 0.29) is 11.5 Å². The molecule has 0 saturated heterocycles. The van der Waals surface area contributed by atoms with Gasteiger partial charge in [0.15, 0.2) is 0 Å². The van der Waals surface area contributed by atoms with Crippen LogP contribution in [0.4, 0.5) is 19.0 Å². The number of aryl methyl sites for hydroxylation is 1. The second-order valence-electron chi connectivity index (χ2n) is 4.34. The van der Waals surface area contributed by atoms with Gasteiger partial charge in [-0.1, -0.05) is 0 Å². The first kappa shape index (κ1) is 14.2. The average molecular weight is 282 g/mol. The van der Waals surface area contributed by atoms with E-state index in [2.05, 4.69) is 4.98 Å². The van der Waals surface area contributed by atoms with E-state index in [0.717, 1.165) is 17.7 Å². The number of methoxy groups -OCH3 is 1. The summed E-state index contributed by atoms with van der Waals surface area (Å²) in [6.45, 7) is 1.77. The van der Waals surface area contributed by atoms with Gasteiger partial charge in [0, 0.05) is 5.56 Å². The van der Waals surface area contributed by atoms with Gasteiger partial charge < -0.3 is 10.5 Å². The van der Waals surface area contributed by atoms with Crippen molar-refractivity contribution in [1.82, 2.24) is 4.98 Å². The van der Waals surface area contributed by atoms with Crippen LogP contribution in [0, 0.1) is 6.92 Å². The third kappa shape index (κ3) is 2.84. The molecular formula is C14H13F3N2O. The van der Waals surface area contributed by atoms with Gasteiger partial charge >= 0.3 is 6.18 Å². The van der Waals surface area contributed by atoms with Crippen molar-refractivity contribution in [1.29, 1.82) is 0 Å². The molecule has 0 aliphatic rings. The van der Waals surface area contributed by atoms with E-state index in [1.165, 1.54) is 7.11 Å². The molecule has 106 valence electrons. The molecule has 0 bridgehead atoms. The highest BCUT2D eigenvalue weighted by atomic mass is 19.4. The van der Waals surface area contributed by atoms with Crippen LogP contribution < -0.4 is 10.5 Å². The summed E-state index contributed by atoms with van der Waals surface area (Å²) in [5.41, 5.74) is 6.19. The summed E-state index contributed by atoms with van der Waals surface area (Å²) >= 11 is 0. The van der Waals surface area contributed by atoms with Gasteiger partial charge in [0.2, 0.25) is 0 Å². The lowest BCUT2D eigenvalue weighted by Gasteiger charge is -2.12. The molecule has 0 aliphatic heterocycles. The minimum atomic E-state index is -4.45. The predicted octanol–water partition coefficient (Wildman–Crippen LogP) is 3.67. The predicted molar refractivity (Wildman–Crippen MR) is 70.4 cm³/mol. The number of alkyl halides is 3. The van der Waals surface area contributed by atoms with Crippen LogP contribution in [0.3, 0.4) is 0 Å². The smallest absolute Gasteiger partial charge is 0.416 e. The van der Waals surface area contributed by atoms with Gasteiger partial charge in [-0.15, -0.1) is 0 Å². The lowest BCUT2D eigenvalue weighted by atomic mass is 10.0. The molecule has 0 amide bonds. The molecule has 1 heterocycles. The summed E-state index contributed by atoms with van der Waals surface area (Å²) in [6.07, 6.45) is -4.45. The van der Waals surface area contributed by atoms with E-state index in [9.17, 15) is 13.2 Å². The summed E-state index contributed by atoms with van der Waals surface area (Å²) in [5, 5.41) is 0. The number of hydrogen-bond acceptors (Lipinski definition) is 3. The van der Waals surface area contributed by atoms with Gasteiger partial charge in [-0.25, -0.2) is 4.98 Å². The van der Waals surface area contributed by atoms with Crippen molar-refractivity contribution in [2.24, 2.45) is 0 Å². The van der Waals surface area contributed by atoms with E-state index >= 15 is 0 Å². The Hall–Kier alpha value is -2.24. The number of nitrogen functional groups attached to an aromatic ring is 1. The number of anilines is 1. The molecule has 0 radical (unpaired) electrons. The van der Waals surface area contributed by atoms with Gasteiger partial charge in [-0.2, -0.15) is 13.2 Å². The van der Waals surface area contributed by atoms with Crippen LogP contribution in [-0.4, -0.2) is 12.1 Å². The molecule has 1 aromatic heterocycles. The van der Waals surface area contributed by atoms with E-state index in [0.29, 0.717) is 11.3 Å². The maximum Gasteiger partial charge on any atom is 0.416 e. The van der Waals surface area contributed by atoms with Crippen molar-refractivity contribution in [2.45, 2.75) is 13.1 Å². The third-order valence-corrected chi connectivity index (χ3v) is 2.88.